The zero-order valence-corrected chi connectivity index (χ0v) is 15.1. The minimum absolute atomic E-state index is 0.0395. The first-order valence-electron chi connectivity index (χ1n) is 6.19. The van der Waals surface area contributed by atoms with Crippen molar-refractivity contribution in [1.29, 1.82) is 0 Å². The van der Waals surface area contributed by atoms with E-state index in [1.54, 1.807) is 18.2 Å². The summed E-state index contributed by atoms with van der Waals surface area (Å²) in [6.45, 7) is 1.84. The first kappa shape index (κ1) is 17.0. The van der Waals surface area contributed by atoms with Gasteiger partial charge >= 0.3 is 0 Å². The Morgan fingerprint density at radius 3 is 2.18 bits per heavy atom. The number of benzene rings is 2. The van der Waals surface area contributed by atoms with Gasteiger partial charge in [0.05, 0.1) is 9.79 Å². The molecule has 0 unspecified atom stereocenters. The van der Waals surface area contributed by atoms with Gasteiger partial charge in [0.1, 0.15) is 0 Å². The van der Waals surface area contributed by atoms with Crippen molar-refractivity contribution in [2.45, 2.75) is 16.7 Å². The highest BCUT2D eigenvalue weighted by atomic mass is 79.9. The van der Waals surface area contributed by atoms with Gasteiger partial charge in [0.2, 0.25) is 0 Å². The molecule has 22 heavy (non-hydrogen) atoms. The monoisotopic (exact) mass is 403 g/mol. The summed E-state index contributed by atoms with van der Waals surface area (Å²) in [7, 11) is -7.32. The summed E-state index contributed by atoms with van der Waals surface area (Å²) in [6.07, 6.45) is 1.03. The molecule has 0 saturated heterocycles. The molecule has 0 aliphatic carbocycles. The summed E-state index contributed by atoms with van der Waals surface area (Å²) >= 11 is 3.34. The van der Waals surface area contributed by atoms with E-state index in [1.165, 1.54) is 18.2 Å². The van der Waals surface area contributed by atoms with Gasteiger partial charge < -0.3 is 0 Å². The van der Waals surface area contributed by atoms with Gasteiger partial charge in [-0.2, -0.15) is 0 Å². The molecule has 2 aromatic carbocycles. The van der Waals surface area contributed by atoms with Gasteiger partial charge in [0, 0.05) is 16.4 Å². The third-order valence-electron chi connectivity index (χ3n) is 2.95. The molecule has 0 fully saturated rings. The van der Waals surface area contributed by atoms with Gasteiger partial charge in [-0.3, -0.25) is 4.72 Å². The van der Waals surface area contributed by atoms with Gasteiger partial charge in [-0.05, 0) is 48.9 Å². The van der Waals surface area contributed by atoms with Crippen LogP contribution in [0, 0.1) is 6.92 Å². The molecular weight excluding hydrogens is 390 g/mol. The van der Waals surface area contributed by atoms with Crippen molar-refractivity contribution in [2.24, 2.45) is 0 Å². The minimum atomic E-state index is -3.86. The molecule has 0 spiro atoms. The SMILES string of the molecule is Cc1cc(NS(=O)(=O)c2cccc(S(C)(=O)=O)c2)ccc1Br. The largest absolute Gasteiger partial charge is 0.280 e. The Balaban J connectivity index is 2.40. The summed E-state index contributed by atoms with van der Waals surface area (Å²) in [4.78, 5) is -0.140. The molecule has 1 N–H and O–H groups in total. The predicted molar refractivity (Wildman–Crippen MR) is 89.2 cm³/mol. The predicted octanol–water partition coefficient (Wildman–Crippen LogP) is 2.96. The third kappa shape index (κ3) is 3.88. The molecule has 0 aliphatic rings. The van der Waals surface area contributed by atoms with Crippen LogP contribution in [0.5, 0.6) is 0 Å². The van der Waals surface area contributed by atoms with Crippen molar-refractivity contribution in [3.05, 3.63) is 52.5 Å². The Hall–Kier alpha value is -1.38. The number of sulfone groups is 1. The van der Waals surface area contributed by atoms with E-state index in [-0.39, 0.29) is 9.79 Å². The van der Waals surface area contributed by atoms with Crippen molar-refractivity contribution in [2.75, 3.05) is 11.0 Å². The fourth-order valence-corrected chi connectivity index (χ4v) is 3.88. The molecule has 0 amide bonds. The zero-order chi connectivity index (χ0) is 16.5. The Kier molecular flexibility index (Phi) is 4.65. The number of aryl methyl sites for hydroxylation is 1. The van der Waals surface area contributed by atoms with Crippen LogP contribution in [-0.2, 0) is 19.9 Å². The topological polar surface area (TPSA) is 80.3 Å². The molecule has 2 aromatic rings. The summed E-state index contributed by atoms with van der Waals surface area (Å²) in [5.41, 5.74) is 1.29. The van der Waals surface area contributed by atoms with Gasteiger partial charge in [-0.25, -0.2) is 16.8 Å². The van der Waals surface area contributed by atoms with E-state index in [0.717, 1.165) is 22.4 Å². The number of hydrogen-bond donors (Lipinski definition) is 1. The highest BCUT2D eigenvalue weighted by molar-refractivity contribution is 9.10. The lowest BCUT2D eigenvalue weighted by atomic mass is 10.2. The van der Waals surface area contributed by atoms with Gasteiger partial charge in [0.25, 0.3) is 10.0 Å². The third-order valence-corrected chi connectivity index (χ3v) is 6.33. The van der Waals surface area contributed by atoms with E-state index in [1.807, 2.05) is 6.92 Å². The second kappa shape index (κ2) is 6.02. The molecular formula is C14H14BrNO4S2. The summed E-state index contributed by atoms with van der Waals surface area (Å²) in [5.74, 6) is 0. The minimum Gasteiger partial charge on any atom is -0.280 e. The van der Waals surface area contributed by atoms with E-state index in [4.69, 9.17) is 0 Å². The molecule has 0 radical (unpaired) electrons. The molecule has 2 rings (SSSR count). The van der Waals surface area contributed by atoms with Crippen LogP contribution in [0.2, 0.25) is 0 Å². The van der Waals surface area contributed by atoms with Crippen molar-refractivity contribution < 1.29 is 16.8 Å². The summed E-state index contributed by atoms with van der Waals surface area (Å²) in [5, 5.41) is 0. The van der Waals surface area contributed by atoms with E-state index in [2.05, 4.69) is 20.7 Å². The summed E-state index contributed by atoms with van der Waals surface area (Å²) < 4.78 is 51.1. The molecule has 0 bridgehead atoms. The molecule has 0 aliphatic heterocycles. The first-order valence-corrected chi connectivity index (χ1v) is 10.4. The number of anilines is 1. The van der Waals surface area contributed by atoms with E-state index >= 15 is 0 Å². The van der Waals surface area contributed by atoms with Crippen molar-refractivity contribution in [3.8, 4) is 0 Å². The van der Waals surface area contributed by atoms with Gasteiger partial charge in [-0.15, -0.1) is 0 Å². The van der Waals surface area contributed by atoms with Crippen LogP contribution in [0.3, 0.4) is 0 Å². The van der Waals surface area contributed by atoms with Crippen molar-refractivity contribution in [3.63, 3.8) is 0 Å². The smallest absolute Gasteiger partial charge is 0.261 e. The standard InChI is InChI=1S/C14H14BrNO4S2/c1-10-8-11(6-7-14(10)15)16-22(19,20)13-5-3-4-12(9-13)21(2,17)18/h3-9,16H,1-2H3. The molecule has 118 valence electrons. The van der Waals surface area contributed by atoms with Crippen LogP contribution in [0.1, 0.15) is 5.56 Å². The van der Waals surface area contributed by atoms with Crippen LogP contribution in [0.25, 0.3) is 0 Å². The molecule has 8 heteroatoms. The van der Waals surface area contributed by atoms with Crippen LogP contribution >= 0.6 is 15.9 Å². The van der Waals surface area contributed by atoms with Gasteiger partial charge in [-0.1, -0.05) is 22.0 Å². The molecule has 0 atom stereocenters. The Morgan fingerprint density at radius 1 is 0.955 bits per heavy atom. The van der Waals surface area contributed by atoms with Crippen LogP contribution < -0.4 is 4.72 Å². The van der Waals surface area contributed by atoms with E-state index in [9.17, 15) is 16.8 Å². The zero-order valence-electron chi connectivity index (χ0n) is 11.9. The fraction of sp³-hybridized carbons (Fsp3) is 0.143. The maximum Gasteiger partial charge on any atom is 0.261 e. The maximum absolute atomic E-state index is 12.4. The van der Waals surface area contributed by atoms with Crippen LogP contribution in [0.4, 0.5) is 5.69 Å². The Bertz CT molecular complexity index is 922. The van der Waals surface area contributed by atoms with Crippen molar-refractivity contribution >= 4 is 41.5 Å². The van der Waals surface area contributed by atoms with Crippen LogP contribution in [0.15, 0.2) is 56.7 Å². The number of sulfonamides is 1. The van der Waals surface area contributed by atoms with E-state index in [0.29, 0.717) is 5.69 Å². The highest BCUT2D eigenvalue weighted by Crippen LogP contribution is 2.23. The van der Waals surface area contributed by atoms with Crippen molar-refractivity contribution in [1.82, 2.24) is 0 Å². The molecule has 0 heterocycles. The molecule has 5 nitrogen and oxygen atoms in total. The lowest BCUT2D eigenvalue weighted by Crippen LogP contribution is -2.13. The molecule has 0 saturated carbocycles. The maximum atomic E-state index is 12.4. The summed E-state index contributed by atoms with van der Waals surface area (Å²) in [6, 6.07) is 10.3. The number of nitrogens with one attached hydrogen (secondary N) is 1. The average molecular weight is 404 g/mol. The lowest BCUT2D eigenvalue weighted by molar-refractivity contribution is 0.599. The fourth-order valence-electron chi connectivity index (χ4n) is 1.79. The second-order valence-corrected chi connectivity index (χ2v) is 9.37. The Morgan fingerprint density at radius 2 is 1.59 bits per heavy atom. The average Bonchev–Trinajstić information content (AvgIpc) is 2.42. The number of halogens is 1. The second-order valence-electron chi connectivity index (χ2n) is 4.82. The lowest BCUT2D eigenvalue weighted by Gasteiger charge is -2.10. The Labute approximate surface area is 138 Å². The van der Waals surface area contributed by atoms with E-state index < -0.39 is 19.9 Å². The normalized spacial score (nSPS) is 12.1. The first-order chi connectivity index (χ1) is 10.1. The van der Waals surface area contributed by atoms with Gasteiger partial charge in [0.15, 0.2) is 9.84 Å². The number of hydrogen-bond acceptors (Lipinski definition) is 4. The number of rotatable bonds is 4. The molecule has 0 aromatic heterocycles. The van der Waals surface area contributed by atoms with Crippen LogP contribution in [-0.4, -0.2) is 23.1 Å². The quantitative estimate of drug-likeness (QED) is 0.850. The highest BCUT2D eigenvalue weighted by Gasteiger charge is 2.17.